The van der Waals surface area contributed by atoms with Crippen molar-refractivity contribution >= 4 is 6.09 Å². The first-order valence-corrected chi connectivity index (χ1v) is 16.8. The average Bonchev–Trinajstić information content (AvgIpc) is 3.62. The number of hydrogen-bond acceptors (Lipinski definition) is 3. The van der Waals surface area contributed by atoms with Gasteiger partial charge in [-0.1, -0.05) is 65.5 Å². The SMILES string of the molecule is CCC(CCCC1CCC2C3CC=C4CC(OC(=O)NCC5(N(C)C)CC5)CCC4(C)C3CCC12C)C(C)C. The highest BCUT2D eigenvalue weighted by Crippen LogP contribution is 2.66. The zero-order chi connectivity index (χ0) is 28.0. The Balaban J connectivity index is 1.17. The number of rotatable bonds is 10. The summed E-state index contributed by atoms with van der Waals surface area (Å²) in [5.41, 5.74) is 2.64. The van der Waals surface area contributed by atoms with Gasteiger partial charge < -0.3 is 15.0 Å². The standard InChI is InChI=1S/C35H60N2O2/c1-8-25(24(2)3)10-9-11-26-13-15-30-29-14-12-27-22-28(39-32(38)36-23-35(20-21-35)37(6)7)16-18-34(27,5)31(29)17-19-33(26,30)4/h12,24-26,28-31H,8-11,13-23H2,1-7H3,(H,36,38). The number of carbonyl (C=O) groups is 1. The maximum Gasteiger partial charge on any atom is 0.407 e. The number of amides is 1. The largest absolute Gasteiger partial charge is 0.446 e. The number of nitrogens with one attached hydrogen (secondary N) is 1. The molecule has 0 aromatic rings. The molecule has 0 radical (unpaired) electrons. The second kappa shape index (κ2) is 11.3. The molecule has 0 saturated heterocycles. The van der Waals surface area contributed by atoms with Crippen molar-refractivity contribution in [2.45, 2.75) is 136 Å². The van der Waals surface area contributed by atoms with Crippen molar-refractivity contribution in [1.29, 1.82) is 0 Å². The number of nitrogens with zero attached hydrogens (tertiary/aromatic N) is 1. The number of ether oxygens (including phenoxy) is 1. The quantitative estimate of drug-likeness (QED) is 0.282. The number of allylic oxidation sites excluding steroid dienone is 1. The number of fused-ring (bicyclic) bond motifs is 5. The summed E-state index contributed by atoms with van der Waals surface area (Å²) in [5.74, 6) is 5.28. The first-order chi connectivity index (χ1) is 18.5. The van der Waals surface area contributed by atoms with Gasteiger partial charge in [0.25, 0.3) is 0 Å². The van der Waals surface area contributed by atoms with Gasteiger partial charge in [0.2, 0.25) is 0 Å². The normalized spacial score (nSPS) is 39.4. The minimum atomic E-state index is -0.213. The van der Waals surface area contributed by atoms with Crippen LogP contribution in [0.15, 0.2) is 11.6 Å². The van der Waals surface area contributed by atoms with E-state index < -0.39 is 0 Å². The fraction of sp³-hybridized carbons (Fsp3) is 0.914. The summed E-state index contributed by atoms with van der Waals surface area (Å²) >= 11 is 0. The third-order valence-corrected chi connectivity index (χ3v) is 13.5. The molecule has 4 saturated carbocycles. The smallest absolute Gasteiger partial charge is 0.407 e. The Hall–Kier alpha value is -1.03. The van der Waals surface area contributed by atoms with Gasteiger partial charge in [0.05, 0.1) is 0 Å². The van der Waals surface area contributed by atoms with Gasteiger partial charge in [-0.25, -0.2) is 4.79 Å². The zero-order valence-electron chi connectivity index (χ0n) is 26.5. The summed E-state index contributed by atoms with van der Waals surface area (Å²) in [6.45, 7) is 13.2. The van der Waals surface area contributed by atoms with Crippen LogP contribution in [0.4, 0.5) is 4.79 Å². The van der Waals surface area contributed by atoms with Gasteiger partial charge >= 0.3 is 6.09 Å². The lowest BCUT2D eigenvalue weighted by molar-refractivity contribution is -0.0520. The van der Waals surface area contributed by atoms with Crippen molar-refractivity contribution in [1.82, 2.24) is 10.2 Å². The van der Waals surface area contributed by atoms with E-state index in [1.165, 1.54) is 64.2 Å². The Labute approximate surface area is 240 Å². The molecule has 8 unspecified atom stereocenters. The van der Waals surface area contributed by atoms with E-state index >= 15 is 0 Å². The molecule has 5 aliphatic carbocycles. The molecule has 5 aliphatic rings. The van der Waals surface area contributed by atoms with Crippen molar-refractivity contribution in [3.8, 4) is 0 Å². The molecule has 0 aromatic carbocycles. The van der Waals surface area contributed by atoms with Gasteiger partial charge in [0, 0.05) is 18.5 Å². The molecule has 5 rings (SSSR count). The minimum Gasteiger partial charge on any atom is -0.446 e. The van der Waals surface area contributed by atoms with E-state index in [-0.39, 0.29) is 17.7 Å². The monoisotopic (exact) mass is 540 g/mol. The molecule has 4 fully saturated rings. The van der Waals surface area contributed by atoms with Crippen molar-refractivity contribution in [3.63, 3.8) is 0 Å². The molecular weight excluding hydrogens is 480 g/mol. The second-order valence-corrected chi connectivity index (χ2v) is 15.7. The molecule has 0 bridgehead atoms. The van der Waals surface area contributed by atoms with E-state index in [0.29, 0.717) is 17.4 Å². The van der Waals surface area contributed by atoms with Crippen molar-refractivity contribution in [2.75, 3.05) is 20.6 Å². The Morgan fingerprint density at radius 2 is 1.85 bits per heavy atom. The molecule has 0 spiro atoms. The van der Waals surface area contributed by atoms with Gasteiger partial charge in [0.1, 0.15) is 6.10 Å². The van der Waals surface area contributed by atoms with Crippen molar-refractivity contribution in [2.24, 2.45) is 46.3 Å². The summed E-state index contributed by atoms with van der Waals surface area (Å²) in [7, 11) is 4.22. The third-order valence-electron chi connectivity index (χ3n) is 13.5. The van der Waals surface area contributed by atoms with Gasteiger partial charge in [-0.3, -0.25) is 0 Å². The molecule has 1 amide bonds. The van der Waals surface area contributed by atoms with Crippen LogP contribution in [-0.4, -0.2) is 43.3 Å². The summed E-state index contributed by atoms with van der Waals surface area (Å²) in [6.07, 6.45) is 20.6. The Morgan fingerprint density at radius 1 is 1.08 bits per heavy atom. The zero-order valence-corrected chi connectivity index (χ0v) is 26.5. The predicted molar refractivity (Wildman–Crippen MR) is 162 cm³/mol. The molecule has 0 aromatic heterocycles. The fourth-order valence-corrected chi connectivity index (χ4v) is 10.3. The lowest BCUT2D eigenvalue weighted by atomic mass is 9.47. The van der Waals surface area contributed by atoms with Crippen LogP contribution in [0, 0.1) is 46.3 Å². The maximum absolute atomic E-state index is 12.7. The highest BCUT2D eigenvalue weighted by molar-refractivity contribution is 5.67. The first-order valence-electron chi connectivity index (χ1n) is 16.8. The second-order valence-electron chi connectivity index (χ2n) is 15.7. The highest BCUT2D eigenvalue weighted by atomic mass is 16.6. The minimum absolute atomic E-state index is 0.0397. The third kappa shape index (κ3) is 5.59. The van der Waals surface area contributed by atoms with Crippen LogP contribution < -0.4 is 5.32 Å². The van der Waals surface area contributed by atoms with E-state index in [1.807, 2.05) is 0 Å². The topological polar surface area (TPSA) is 41.6 Å². The van der Waals surface area contributed by atoms with Gasteiger partial charge in [-0.2, -0.15) is 0 Å². The summed E-state index contributed by atoms with van der Waals surface area (Å²) in [4.78, 5) is 14.9. The highest BCUT2D eigenvalue weighted by Gasteiger charge is 2.58. The number of carbonyl (C=O) groups excluding carboxylic acids is 1. The first kappa shape index (κ1) is 29.5. The Kier molecular flexibility index (Phi) is 8.56. The lowest BCUT2D eigenvalue weighted by Crippen LogP contribution is -2.50. The number of alkyl carbamates (subject to hydrolysis) is 1. The van der Waals surface area contributed by atoms with Crippen LogP contribution in [0.2, 0.25) is 0 Å². The number of hydrogen-bond donors (Lipinski definition) is 1. The van der Waals surface area contributed by atoms with Crippen molar-refractivity contribution < 1.29 is 9.53 Å². The van der Waals surface area contributed by atoms with E-state index in [2.05, 4.69) is 65.0 Å². The van der Waals surface area contributed by atoms with Gasteiger partial charge in [-0.15, -0.1) is 0 Å². The van der Waals surface area contributed by atoms with Crippen molar-refractivity contribution in [3.05, 3.63) is 11.6 Å². The molecule has 4 nitrogen and oxygen atoms in total. The van der Waals surface area contributed by atoms with E-state index in [4.69, 9.17) is 4.74 Å². The maximum atomic E-state index is 12.7. The molecule has 0 aliphatic heterocycles. The fourth-order valence-electron chi connectivity index (χ4n) is 10.3. The van der Waals surface area contributed by atoms with E-state index in [1.54, 1.807) is 5.57 Å². The Bertz CT molecular complexity index is 906. The van der Waals surface area contributed by atoms with E-state index in [9.17, 15) is 4.79 Å². The van der Waals surface area contributed by atoms with Crippen LogP contribution in [-0.2, 0) is 4.74 Å². The molecule has 0 heterocycles. The van der Waals surface area contributed by atoms with E-state index in [0.717, 1.165) is 61.2 Å². The molecule has 8 atom stereocenters. The molecule has 39 heavy (non-hydrogen) atoms. The molecule has 1 N–H and O–H groups in total. The Morgan fingerprint density at radius 3 is 2.51 bits per heavy atom. The summed E-state index contributed by atoms with van der Waals surface area (Å²) < 4.78 is 5.99. The predicted octanol–water partition coefficient (Wildman–Crippen LogP) is 8.61. The molecule has 222 valence electrons. The molecular formula is C35H60N2O2. The van der Waals surface area contributed by atoms with Crippen LogP contribution in [0.3, 0.4) is 0 Å². The van der Waals surface area contributed by atoms with Crippen LogP contribution in [0.25, 0.3) is 0 Å². The average molecular weight is 541 g/mol. The van der Waals surface area contributed by atoms with Crippen LogP contribution in [0.5, 0.6) is 0 Å². The summed E-state index contributed by atoms with van der Waals surface area (Å²) in [5, 5.41) is 3.08. The molecule has 4 heteroatoms. The van der Waals surface area contributed by atoms with Gasteiger partial charge in [-0.05, 0) is 125 Å². The lowest BCUT2D eigenvalue weighted by Gasteiger charge is -2.58. The van der Waals surface area contributed by atoms with Crippen LogP contribution in [0.1, 0.15) is 125 Å². The van der Waals surface area contributed by atoms with Gasteiger partial charge in [0.15, 0.2) is 0 Å². The number of likely N-dealkylation sites (N-methyl/N-ethyl adjacent to an activating group) is 1. The van der Waals surface area contributed by atoms with Crippen LogP contribution >= 0.6 is 0 Å². The summed E-state index contributed by atoms with van der Waals surface area (Å²) in [6, 6.07) is 0.